The number of rotatable bonds is 12. The van der Waals surface area contributed by atoms with Crippen LogP contribution in [0.3, 0.4) is 0 Å². The van der Waals surface area contributed by atoms with E-state index < -0.39 is 28.5 Å². The molecule has 41 heavy (non-hydrogen) atoms. The first kappa shape index (κ1) is 32.2. The largest absolute Gasteiger partial charge is 0.495 e. The SMILES string of the molecule is CC[C@H](C)NC(=O)[C@@H](C)N(Cc1ccc(Cl)cc1)C(=O)CN(c1ccc(OC)c(Cl)c1)S(=O)(=O)c1ccc(C)cc1. The molecule has 0 aromatic heterocycles. The molecule has 0 saturated carbocycles. The standard InChI is InChI=1S/C30H35Cl2N3O5S/c1-6-21(3)33-30(37)22(4)34(18-23-9-11-24(31)12-10-23)29(36)19-35(25-13-16-28(40-5)27(32)17-25)41(38,39)26-14-7-20(2)8-15-26/h7-17,21-22H,6,18-19H2,1-5H3,(H,33,37)/t21-,22+/m0/s1. The van der Waals surface area contributed by atoms with E-state index in [1.807, 2.05) is 20.8 Å². The first-order valence-electron chi connectivity index (χ1n) is 13.1. The van der Waals surface area contributed by atoms with Crippen molar-refractivity contribution < 1.29 is 22.7 Å². The number of nitrogens with zero attached hydrogens (tertiary/aromatic N) is 2. The summed E-state index contributed by atoms with van der Waals surface area (Å²) >= 11 is 12.4. The van der Waals surface area contributed by atoms with Crippen molar-refractivity contribution in [1.82, 2.24) is 10.2 Å². The summed E-state index contributed by atoms with van der Waals surface area (Å²) in [5, 5.41) is 3.62. The zero-order valence-corrected chi connectivity index (χ0v) is 26.1. The van der Waals surface area contributed by atoms with Crippen LogP contribution in [-0.4, -0.2) is 50.9 Å². The van der Waals surface area contributed by atoms with E-state index >= 15 is 0 Å². The Kier molecular flexibility index (Phi) is 11.1. The van der Waals surface area contributed by atoms with Crippen molar-refractivity contribution in [2.24, 2.45) is 0 Å². The van der Waals surface area contributed by atoms with Gasteiger partial charge in [0.25, 0.3) is 10.0 Å². The van der Waals surface area contributed by atoms with E-state index in [1.165, 1.54) is 42.3 Å². The number of halogens is 2. The third-order valence-corrected chi connectivity index (χ3v) is 9.08. The number of anilines is 1. The molecule has 3 aromatic rings. The lowest BCUT2D eigenvalue weighted by molar-refractivity contribution is -0.139. The molecule has 0 radical (unpaired) electrons. The summed E-state index contributed by atoms with van der Waals surface area (Å²) in [7, 11) is -2.76. The summed E-state index contributed by atoms with van der Waals surface area (Å²) in [4.78, 5) is 28.5. The minimum atomic E-state index is -4.21. The quantitative estimate of drug-likeness (QED) is 0.275. The van der Waals surface area contributed by atoms with E-state index in [1.54, 1.807) is 43.3 Å². The average Bonchev–Trinajstić information content (AvgIpc) is 2.95. The molecule has 220 valence electrons. The number of hydrogen-bond acceptors (Lipinski definition) is 5. The molecule has 0 aliphatic heterocycles. The molecule has 0 unspecified atom stereocenters. The highest BCUT2D eigenvalue weighted by Gasteiger charge is 2.33. The van der Waals surface area contributed by atoms with Crippen LogP contribution in [0.4, 0.5) is 5.69 Å². The molecular formula is C30H35Cl2N3O5S. The Balaban J connectivity index is 2.06. The fourth-order valence-corrected chi connectivity index (χ4v) is 5.80. The molecule has 2 atom stereocenters. The summed E-state index contributed by atoms with van der Waals surface area (Å²) < 4.78 is 34.1. The van der Waals surface area contributed by atoms with Crippen LogP contribution in [0.2, 0.25) is 10.0 Å². The Morgan fingerprint density at radius 3 is 2.17 bits per heavy atom. The molecule has 3 aromatic carbocycles. The van der Waals surface area contributed by atoms with E-state index in [9.17, 15) is 18.0 Å². The predicted octanol–water partition coefficient (Wildman–Crippen LogP) is 5.84. The summed E-state index contributed by atoms with van der Waals surface area (Å²) in [6.07, 6.45) is 0.713. The second-order valence-corrected chi connectivity index (χ2v) is 12.5. The number of nitrogens with one attached hydrogen (secondary N) is 1. The average molecular weight is 621 g/mol. The number of sulfonamides is 1. The number of amides is 2. The maximum atomic E-state index is 14.0. The van der Waals surface area contributed by atoms with E-state index in [0.717, 1.165) is 15.4 Å². The number of methoxy groups -OCH3 is 1. The summed E-state index contributed by atoms with van der Waals surface area (Å²) in [5.41, 5.74) is 1.79. The van der Waals surface area contributed by atoms with E-state index in [0.29, 0.717) is 17.2 Å². The van der Waals surface area contributed by atoms with Crippen LogP contribution >= 0.6 is 23.2 Å². The molecule has 0 fully saturated rings. The van der Waals surface area contributed by atoms with Gasteiger partial charge in [0.2, 0.25) is 11.8 Å². The highest BCUT2D eigenvalue weighted by atomic mass is 35.5. The van der Waals surface area contributed by atoms with Crippen LogP contribution in [0.15, 0.2) is 71.6 Å². The van der Waals surface area contributed by atoms with Crippen LogP contribution in [0.25, 0.3) is 0 Å². The normalized spacial score (nSPS) is 12.8. The maximum Gasteiger partial charge on any atom is 0.264 e. The lowest BCUT2D eigenvalue weighted by Crippen LogP contribution is -2.52. The van der Waals surface area contributed by atoms with Crippen LogP contribution < -0.4 is 14.4 Å². The number of carbonyl (C=O) groups is 2. The summed E-state index contributed by atoms with van der Waals surface area (Å²) in [6, 6.07) is 16.7. The van der Waals surface area contributed by atoms with Gasteiger partial charge in [-0.25, -0.2) is 8.42 Å². The van der Waals surface area contributed by atoms with Crippen molar-refractivity contribution in [2.75, 3.05) is 18.0 Å². The monoisotopic (exact) mass is 619 g/mol. The van der Waals surface area contributed by atoms with Crippen molar-refractivity contribution in [3.8, 4) is 5.75 Å². The molecule has 0 heterocycles. The molecule has 3 rings (SSSR count). The number of benzene rings is 3. The predicted molar refractivity (Wildman–Crippen MR) is 163 cm³/mol. The Labute approximate surface area is 252 Å². The van der Waals surface area contributed by atoms with Crippen LogP contribution in [0.1, 0.15) is 38.3 Å². The van der Waals surface area contributed by atoms with E-state index in [2.05, 4.69) is 5.32 Å². The Morgan fingerprint density at radius 1 is 0.976 bits per heavy atom. The number of hydrogen-bond donors (Lipinski definition) is 1. The van der Waals surface area contributed by atoms with Gasteiger partial charge in [-0.1, -0.05) is 60.0 Å². The van der Waals surface area contributed by atoms with Gasteiger partial charge < -0.3 is 15.0 Å². The topological polar surface area (TPSA) is 96.0 Å². The van der Waals surface area contributed by atoms with Crippen LogP contribution in [0.5, 0.6) is 5.75 Å². The lowest BCUT2D eigenvalue weighted by Gasteiger charge is -2.32. The third kappa shape index (κ3) is 8.15. The minimum Gasteiger partial charge on any atom is -0.495 e. The molecule has 0 spiro atoms. The molecule has 8 nitrogen and oxygen atoms in total. The molecule has 0 saturated heterocycles. The first-order chi connectivity index (χ1) is 19.4. The van der Waals surface area contributed by atoms with Gasteiger partial charge in [0.05, 0.1) is 22.7 Å². The van der Waals surface area contributed by atoms with Crippen molar-refractivity contribution in [2.45, 2.75) is 57.6 Å². The minimum absolute atomic E-state index is 0.00894. The van der Waals surface area contributed by atoms with Crippen molar-refractivity contribution in [3.63, 3.8) is 0 Å². The van der Waals surface area contributed by atoms with E-state index in [4.69, 9.17) is 27.9 Å². The van der Waals surface area contributed by atoms with Gasteiger partial charge in [-0.3, -0.25) is 13.9 Å². The molecular weight excluding hydrogens is 585 g/mol. The number of aryl methyl sites for hydroxylation is 1. The van der Waals surface area contributed by atoms with Crippen molar-refractivity contribution >= 4 is 50.7 Å². The lowest BCUT2D eigenvalue weighted by atomic mass is 10.1. The Bertz CT molecular complexity index is 1460. The van der Waals surface area contributed by atoms with Gasteiger partial charge in [-0.15, -0.1) is 0 Å². The Hall–Kier alpha value is -3.27. The Morgan fingerprint density at radius 2 is 1.61 bits per heavy atom. The van der Waals surface area contributed by atoms with Crippen molar-refractivity contribution in [3.05, 3.63) is 87.9 Å². The first-order valence-corrected chi connectivity index (χ1v) is 15.3. The second-order valence-electron chi connectivity index (χ2n) is 9.79. The summed E-state index contributed by atoms with van der Waals surface area (Å²) in [6.45, 7) is 6.77. The molecule has 1 N–H and O–H groups in total. The number of carbonyl (C=O) groups excluding carboxylic acids is 2. The van der Waals surface area contributed by atoms with Crippen LogP contribution in [0, 0.1) is 6.92 Å². The third-order valence-electron chi connectivity index (χ3n) is 6.75. The van der Waals surface area contributed by atoms with E-state index in [-0.39, 0.29) is 34.1 Å². The van der Waals surface area contributed by atoms with Gasteiger partial charge in [0, 0.05) is 17.6 Å². The zero-order chi connectivity index (χ0) is 30.3. The summed E-state index contributed by atoms with van der Waals surface area (Å²) in [5.74, 6) is -0.564. The van der Waals surface area contributed by atoms with Gasteiger partial charge >= 0.3 is 0 Å². The fourth-order valence-electron chi connectivity index (χ4n) is 4.01. The molecule has 11 heteroatoms. The highest BCUT2D eigenvalue weighted by Crippen LogP contribution is 2.32. The molecule has 0 aliphatic carbocycles. The fraction of sp³-hybridized carbons (Fsp3) is 0.333. The van der Waals surface area contributed by atoms with Gasteiger partial charge in [-0.2, -0.15) is 0 Å². The molecule has 2 amide bonds. The zero-order valence-electron chi connectivity index (χ0n) is 23.7. The van der Waals surface area contributed by atoms with Crippen LogP contribution in [-0.2, 0) is 26.2 Å². The van der Waals surface area contributed by atoms with Gasteiger partial charge in [0.15, 0.2) is 0 Å². The maximum absolute atomic E-state index is 14.0. The number of ether oxygens (including phenoxy) is 1. The van der Waals surface area contributed by atoms with Gasteiger partial charge in [0.1, 0.15) is 18.3 Å². The van der Waals surface area contributed by atoms with Gasteiger partial charge in [-0.05, 0) is 75.2 Å². The molecule has 0 bridgehead atoms. The highest BCUT2D eigenvalue weighted by molar-refractivity contribution is 7.92. The smallest absolute Gasteiger partial charge is 0.264 e. The van der Waals surface area contributed by atoms with Crippen molar-refractivity contribution in [1.29, 1.82) is 0 Å². The second kappa shape index (κ2) is 14.1. The molecule has 0 aliphatic rings.